The zero-order chi connectivity index (χ0) is 16.0. The summed E-state index contributed by atoms with van der Waals surface area (Å²) < 4.78 is 5.10. The summed E-state index contributed by atoms with van der Waals surface area (Å²) in [6.07, 6.45) is -0.620. The fourth-order valence-corrected chi connectivity index (χ4v) is 1.62. The first-order valence-corrected chi connectivity index (χ1v) is 6.87. The Morgan fingerprint density at radius 3 is 2.24 bits per heavy atom. The minimum Gasteiger partial charge on any atom is -0.444 e. The number of rotatable bonds is 4. The van der Waals surface area contributed by atoms with Gasteiger partial charge in [-0.3, -0.25) is 4.79 Å². The second kappa shape index (κ2) is 7.11. The van der Waals surface area contributed by atoms with Crippen LogP contribution in [0.5, 0.6) is 0 Å². The minimum absolute atomic E-state index is 0.315. The average molecular weight is 291 g/mol. The van der Waals surface area contributed by atoms with Gasteiger partial charge in [0.15, 0.2) is 0 Å². The van der Waals surface area contributed by atoms with E-state index < -0.39 is 17.7 Å². The number of ether oxygens (including phenoxy) is 1. The molecule has 0 unspecified atom stereocenters. The van der Waals surface area contributed by atoms with Crippen LogP contribution in [0.2, 0.25) is 0 Å². The number of carbonyl (C=O) groups excluding carboxylic acids is 2. The first kappa shape index (κ1) is 17.0. The second-order valence-corrected chi connectivity index (χ2v) is 5.84. The quantitative estimate of drug-likeness (QED) is 0.896. The van der Waals surface area contributed by atoms with Crippen molar-refractivity contribution in [3.8, 4) is 0 Å². The molecule has 0 saturated carbocycles. The molecule has 1 aromatic carbocycles. The van der Waals surface area contributed by atoms with Gasteiger partial charge in [-0.05, 0) is 40.2 Å². The van der Waals surface area contributed by atoms with Crippen LogP contribution in [-0.2, 0) is 9.53 Å². The third-order valence-corrected chi connectivity index (χ3v) is 2.64. The van der Waals surface area contributed by atoms with Crippen LogP contribution < -0.4 is 10.6 Å². The van der Waals surface area contributed by atoms with Gasteiger partial charge in [0.05, 0.1) is 6.04 Å². The number of hydrogen-bond donors (Lipinski definition) is 2. The summed E-state index contributed by atoms with van der Waals surface area (Å²) in [6, 6.07) is 8.33. The van der Waals surface area contributed by atoms with Crippen LogP contribution >= 0.6 is 0 Å². The van der Waals surface area contributed by atoms with Crippen molar-refractivity contribution < 1.29 is 14.3 Å². The minimum atomic E-state index is -0.701. The molecule has 0 spiro atoms. The molecule has 1 radical (unpaired) electrons. The molecule has 0 bridgehead atoms. The van der Waals surface area contributed by atoms with Crippen LogP contribution in [0.4, 0.5) is 4.79 Å². The Kier molecular flexibility index (Phi) is 5.76. The van der Waals surface area contributed by atoms with Crippen LogP contribution in [-0.4, -0.2) is 23.6 Å². The standard InChI is InChI=1S/C16H23N2O3/c1-11(13-9-7-6-8-10-13)17-14(19)12(2)18-15(20)21-16(3,4)5/h6-12H,1H2,2-5H3,(H,17,19)(H,18,20)/t11-,12+/m0/s1. The smallest absolute Gasteiger partial charge is 0.408 e. The van der Waals surface area contributed by atoms with Crippen molar-refractivity contribution in [1.29, 1.82) is 0 Å². The van der Waals surface area contributed by atoms with E-state index in [2.05, 4.69) is 17.6 Å². The van der Waals surface area contributed by atoms with Gasteiger partial charge < -0.3 is 15.4 Å². The fraction of sp³-hybridized carbons (Fsp3) is 0.438. The first-order valence-electron chi connectivity index (χ1n) is 6.87. The number of nitrogens with one attached hydrogen (secondary N) is 2. The van der Waals surface area contributed by atoms with Gasteiger partial charge in [0.25, 0.3) is 0 Å². The predicted octanol–water partition coefficient (Wildman–Crippen LogP) is 2.59. The lowest BCUT2D eigenvalue weighted by Crippen LogP contribution is -2.47. The van der Waals surface area contributed by atoms with Gasteiger partial charge in [-0.2, -0.15) is 0 Å². The predicted molar refractivity (Wildman–Crippen MR) is 81.5 cm³/mol. The Morgan fingerprint density at radius 1 is 1.14 bits per heavy atom. The molecule has 2 atom stereocenters. The highest BCUT2D eigenvalue weighted by molar-refractivity contribution is 5.85. The average Bonchev–Trinajstić information content (AvgIpc) is 2.37. The molecule has 0 saturated heterocycles. The van der Waals surface area contributed by atoms with E-state index in [1.54, 1.807) is 27.7 Å². The summed E-state index contributed by atoms with van der Waals surface area (Å²) >= 11 is 0. The van der Waals surface area contributed by atoms with Crippen molar-refractivity contribution in [2.24, 2.45) is 0 Å². The molecule has 115 valence electrons. The Hall–Kier alpha value is -2.04. The number of hydrogen-bond acceptors (Lipinski definition) is 3. The van der Waals surface area contributed by atoms with Gasteiger partial charge >= 0.3 is 6.09 Å². The van der Waals surface area contributed by atoms with Crippen molar-refractivity contribution in [3.05, 3.63) is 42.8 Å². The van der Waals surface area contributed by atoms with E-state index >= 15 is 0 Å². The molecule has 0 heterocycles. The number of benzene rings is 1. The summed E-state index contributed by atoms with van der Waals surface area (Å²) in [6.45, 7) is 10.8. The topological polar surface area (TPSA) is 67.4 Å². The molecule has 0 fully saturated rings. The molecule has 0 aliphatic heterocycles. The Bertz CT molecular complexity index is 480. The van der Waals surface area contributed by atoms with E-state index in [0.29, 0.717) is 0 Å². The molecule has 0 aliphatic carbocycles. The highest BCUT2D eigenvalue weighted by Crippen LogP contribution is 2.11. The molecule has 2 N–H and O–H groups in total. The zero-order valence-corrected chi connectivity index (χ0v) is 13.0. The largest absolute Gasteiger partial charge is 0.444 e. The van der Waals surface area contributed by atoms with Crippen LogP contribution in [0.15, 0.2) is 30.3 Å². The highest BCUT2D eigenvalue weighted by atomic mass is 16.6. The maximum Gasteiger partial charge on any atom is 0.408 e. The fourth-order valence-electron chi connectivity index (χ4n) is 1.62. The molecule has 2 amide bonds. The van der Waals surface area contributed by atoms with E-state index in [4.69, 9.17) is 4.74 Å². The van der Waals surface area contributed by atoms with Crippen molar-refractivity contribution in [1.82, 2.24) is 10.6 Å². The summed E-state index contributed by atoms with van der Waals surface area (Å²) in [7, 11) is 0. The molecule has 1 aromatic rings. The summed E-state index contributed by atoms with van der Waals surface area (Å²) in [5.41, 5.74) is 0.300. The molecular weight excluding hydrogens is 268 g/mol. The maximum absolute atomic E-state index is 12.0. The van der Waals surface area contributed by atoms with Gasteiger partial charge in [-0.25, -0.2) is 4.79 Å². The summed E-state index contributed by atoms with van der Waals surface area (Å²) in [5, 5.41) is 5.24. The highest BCUT2D eigenvalue weighted by Gasteiger charge is 2.22. The van der Waals surface area contributed by atoms with E-state index in [1.807, 2.05) is 30.3 Å². The van der Waals surface area contributed by atoms with E-state index in [0.717, 1.165) is 5.56 Å². The number of carbonyl (C=O) groups is 2. The molecule has 1 rings (SSSR count). The SMILES string of the molecule is [CH2][C@H](NC(=O)[C@@H](C)NC(=O)OC(C)(C)C)c1ccccc1. The third kappa shape index (κ3) is 6.29. The third-order valence-electron chi connectivity index (χ3n) is 2.64. The lowest BCUT2D eigenvalue weighted by molar-refractivity contribution is -0.123. The maximum atomic E-state index is 12.0. The summed E-state index contributed by atoms with van der Waals surface area (Å²) in [4.78, 5) is 23.6. The molecule has 5 heteroatoms. The van der Waals surface area contributed by atoms with Gasteiger partial charge in [0, 0.05) is 0 Å². The molecule has 21 heavy (non-hydrogen) atoms. The van der Waals surface area contributed by atoms with Gasteiger partial charge in [-0.15, -0.1) is 0 Å². The van der Waals surface area contributed by atoms with Gasteiger partial charge in [0.2, 0.25) is 5.91 Å². The zero-order valence-electron chi connectivity index (χ0n) is 13.0. The normalized spacial score (nSPS) is 14.0. The Labute approximate surface area is 126 Å². The van der Waals surface area contributed by atoms with Crippen molar-refractivity contribution in [2.75, 3.05) is 0 Å². The first-order chi connectivity index (χ1) is 9.69. The molecule has 5 nitrogen and oxygen atoms in total. The number of alkyl carbamates (subject to hydrolysis) is 1. The van der Waals surface area contributed by atoms with Crippen LogP contribution in [0.3, 0.4) is 0 Å². The van der Waals surface area contributed by atoms with Crippen LogP contribution in [0.1, 0.15) is 39.3 Å². The van der Waals surface area contributed by atoms with E-state index in [-0.39, 0.29) is 11.9 Å². The molecule has 0 aromatic heterocycles. The second-order valence-electron chi connectivity index (χ2n) is 5.84. The van der Waals surface area contributed by atoms with Crippen molar-refractivity contribution in [2.45, 2.75) is 45.4 Å². The van der Waals surface area contributed by atoms with Gasteiger partial charge in [0.1, 0.15) is 11.6 Å². The molecular formula is C16H23N2O3. The Morgan fingerprint density at radius 2 is 1.71 bits per heavy atom. The van der Waals surface area contributed by atoms with E-state index in [1.165, 1.54) is 0 Å². The lowest BCUT2D eigenvalue weighted by Gasteiger charge is -2.22. The lowest BCUT2D eigenvalue weighted by atomic mass is 10.1. The van der Waals surface area contributed by atoms with Gasteiger partial charge in [-0.1, -0.05) is 30.3 Å². The number of amides is 2. The van der Waals surface area contributed by atoms with Crippen molar-refractivity contribution >= 4 is 12.0 Å². The summed E-state index contributed by atoms with van der Waals surface area (Å²) in [5.74, 6) is -0.315. The monoisotopic (exact) mass is 291 g/mol. The molecule has 0 aliphatic rings. The van der Waals surface area contributed by atoms with Crippen LogP contribution in [0, 0.1) is 6.92 Å². The Balaban J connectivity index is 2.50. The van der Waals surface area contributed by atoms with Crippen molar-refractivity contribution in [3.63, 3.8) is 0 Å². The van der Waals surface area contributed by atoms with Crippen LogP contribution in [0.25, 0.3) is 0 Å². The van der Waals surface area contributed by atoms with E-state index in [9.17, 15) is 9.59 Å².